The maximum Gasteiger partial charge on any atom is 0.242 e. The Morgan fingerprint density at radius 3 is 2.28 bits per heavy atom. The Balaban J connectivity index is 1.69. The summed E-state index contributed by atoms with van der Waals surface area (Å²) in [6.45, 7) is 3.36. The average Bonchev–Trinajstić information content (AvgIpc) is 2.66. The van der Waals surface area contributed by atoms with Crippen molar-refractivity contribution in [3.8, 4) is 5.75 Å². The fraction of sp³-hybridized carbons (Fsp3) is 0.300. The molecule has 0 spiro atoms. The van der Waals surface area contributed by atoms with Gasteiger partial charge in [-0.3, -0.25) is 9.59 Å². The van der Waals surface area contributed by atoms with Crippen LogP contribution in [-0.4, -0.2) is 36.4 Å². The molecule has 0 radical (unpaired) electrons. The van der Waals surface area contributed by atoms with Crippen LogP contribution in [0.15, 0.2) is 60.7 Å². The van der Waals surface area contributed by atoms with Gasteiger partial charge in [0, 0.05) is 13.1 Å². The van der Waals surface area contributed by atoms with Crippen molar-refractivity contribution in [3.05, 3.63) is 66.2 Å². The van der Waals surface area contributed by atoms with E-state index in [0.29, 0.717) is 13.1 Å². The van der Waals surface area contributed by atoms with Crippen molar-refractivity contribution in [1.82, 2.24) is 10.2 Å². The summed E-state index contributed by atoms with van der Waals surface area (Å²) >= 11 is 0. The van der Waals surface area contributed by atoms with Gasteiger partial charge >= 0.3 is 0 Å². The largest absolute Gasteiger partial charge is 0.493 e. The zero-order chi connectivity index (χ0) is 17.9. The number of hydrogen-bond donors (Lipinski definition) is 1. The van der Waals surface area contributed by atoms with E-state index in [1.165, 1.54) is 0 Å². The molecule has 0 saturated carbocycles. The van der Waals surface area contributed by atoms with Gasteiger partial charge in [0.15, 0.2) is 0 Å². The van der Waals surface area contributed by atoms with Crippen LogP contribution in [0.25, 0.3) is 0 Å². The second-order valence-electron chi connectivity index (χ2n) is 5.58. The Morgan fingerprint density at radius 1 is 1.00 bits per heavy atom. The summed E-state index contributed by atoms with van der Waals surface area (Å²) in [6, 6.07) is 19.1. The topological polar surface area (TPSA) is 58.6 Å². The van der Waals surface area contributed by atoms with Gasteiger partial charge in [-0.2, -0.15) is 0 Å². The third kappa shape index (κ3) is 6.67. The first kappa shape index (κ1) is 18.5. The molecular formula is C20H24N2O3. The highest BCUT2D eigenvalue weighted by atomic mass is 16.5. The Kier molecular flexibility index (Phi) is 7.50. The van der Waals surface area contributed by atoms with Crippen LogP contribution in [0, 0.1) is 0 Å². The summed E-state index contributed by atoms with van der Waals surface area (Å²) in [4.78, 5) is 25.8. The van der Waals surface area contributed by atoms with Crippen LogP contribution >= 0.6 is 0 Å². The molecule has 132 valence electrons. The van der Waals surface area contributed by atoms with Crippen LogP contribution in [0.4, 0.5) is 0 Å². The highest BCUT2D eigenvalue weighted by Crippen LogP contribution is 2.08. The van der Waals surface area contributed by atoms with Crippen molar-refractivity contribution in [2.24, 2.45) is 0 Å². The van der Waals surface area contributed by atoms with Gasteiger partial charge in [0.2, 0.25) is 11.8 Å². The van der Waals surface area contributed by atoms with E-state index in [1.807, 2.05) is 67.6 Å². The van der Waals surface area contributed by atoms with E-state index in [2.05, 4.69) is 5.32 Å². The van der Waals surface area contributed by atoms with Gasteiger partial charge in [-0.25, -0.2) is 0 Å². The lowest BCUT2D eigenvalue weighted by molar-refractivity contribution is -0.133. The van der Waals surface area contributed by atoms with Crippen LogP contribution in [0.5, 0.6) is 5.75 Å². The third-order valence-electron chi connectivity index (χ3n) is 3.73. The average molecular weight is 340 g/mol. The molecule has 0 fully saturated rings. The molecule has 2 amide bonds. The van der Waals surface area contributed by atoms with Crippen molar-refractivity contribution in [1.29, 1.82) is 0 Å². The Labute approximate surface area is 148 Å². The quantitative estimate of drug-likeness (QED) is 0.763. The molecule has 0 aliphatic heterocycles. The van der Waals surface area contributed by atoms with E-state index in [9.17, 15) is 9.59 Å². The second-order valence-corrected chi connectivity index (χ2v) is 5.58. The van der Waals surface area contributed by atoms with Gasteiger partial charge in [-0.15, -0.1) is 0 Å². The van der Waals surface area contributed by atoms with E-state index in [1.54, 1.807) is 4.90 Å². The molecule has 0 saturated heterocycles. The van der Waals surface area contributed by atoms with Crippen molar-refractivity contribution < 1.29 is 14.3 Å². The number of benzene rings is 2. The van der Waals surface area contributed by atoms with Gasteiger partial charge < -0.3 is 15.0 Å². The first-order chi connectivity index (χ1) is 12.2. The molecule has 2 rings (SSSR count). The van der Waals surface area contributed by atoms with E-state index < -0.39 is 0 Å². The SMILES string of the molecule is CCN(Cc1ccccc1)C(=O)CNC(=O)CCOc1ccccc1. The Bertz CT molecular complexity index is 659. The molecule has 1 N–H and O–H groups in total. The predicted octanol–water partition coefficient (Wildman–Crippen LogP) is 2.62. The predicted molar refractivity (Wildman–Crippen MR) is 97.1 cm³/mol. The number of nitrogens with zero attached hydrogens (tertiary/aromatic N) is 1. The summed E-state index contributed by atoms with van der Waals surface area (Å²) < 4.78 is 5.47. The lowest BCUT2D eigenvalue weighted by Gasteiger charge is -2.21. The van der Waals surface area contributed by atoms with Gasteiger partial charge in [-0.05, 0) is 24.6 Å². The van der Waals surface area contributed by atoms with E-state index >= 15 is 0 Å². The molecule has 2 aromatic carbocycles. The summed E-state index contributed by atoms with van der Waals surface area (Å²) in [6.07, 6.45) is 0.215. The summed E-state index contributed by atoms with van der Waals surface area (Å²) in [7, 11) is 0. The van der Waals surface area contributed by atoms with Gasteiger partial charge in [0.05, 0.1) is 19.6 Å². The molecule has 5 nitrogen and oxygen atoms in total. The van der Waals surface area contributed by atoms with Crippen molar-refractivity contribution >= 4 is 11.8 Å². The van der Waals surface area contributed by atoms with Crippen LogP contribution in [0.2, 0.25) is 0 Å². The maximum absolute atomic E-state index is 12.3. The molecule has 0 aromatic heterocycles. The number of carbonyl (C=O) groups excluding carboxylic acids is 2. The number of amides is 2. The molecule has 5 heteroatoms. The molecule has 0 unspecified atom stereocenters. The van der Waals surface area contributed by atoms with Gasteiger partial charge in [-0.1, -0.05) is 48.5 Å². The number of para-hydroxylation sites is 1. The molecule has 25 heavy (non-hydrogen) atoms. The number of likely N-dealkylation sites (N-methyl/N-ethyl adjacent to an activating group) is 1. The fourth-order valence-corrected chi connectivity index (χ4v) is 2.33. The lowest BCUT2D eigenvalue weighted by Crippen LogP contribution is -2.40. The molecule has 0 aliphatic rings. The zero-order valence-corrected chi connectivity index (χ0v) is 14.5. The minimum Gasteiger partial charge on any atom is -0.493 e. The Hall–Kier alpha value is -2.82. The van der Waals surface area contributed by atoms with Crippen molar-refractivity contribution in [3.63, 3.8) is 0 Å². The number of rotatable bonds is 9. The van der Waals surface area contributed by atoms with Gasteiger partial charge in [0.25, 0.3) is 0 Å². The highest BCUT2D eigenvalue weighted by Gasteiger charge is 2.13. The first-order valence-electron chi connectivity index (χ1n) is 8.45. The van der Waals surface area contributed by atoms with Gasteiger partial charge in [0.1, 0.15) is 5.75 Å². The van der Waals surface area contributed by atoms with Crippen LogP contribution < -0.4 is 10.1 Å². The summed E-state index contributed by atoms with van der Waals surface area (Å²) in [5.74, 6) is 0.440. The molecule has 0 aliphatic carbocycles. The molecule has 0 heterocycles. The van der Waals surface area contributed by atoms with E-state index in [0.717, 1.165) is 11.3 Å². The van der Waals surface area contributed by atoms with Crippen molar-refractivity contribution in [2.75, 3.05) is 19.7 Å². The fourth-order valence-electron chi connectivity index (χ4n) is 2.33. The Morgan fingerprint density at radius 2 is 1.64 bits per heavy atom. The van der Waals surface area contributed by atoms with E-state index in [-0.39, 0.29) is 31.4 Å². The normalized spacial score (nSPS) is 10.1. The second kappa shape index (κ2) is 10.1. The monoisotopic (exact) mass is 340 g/mol. The molecular weight excluding hydrogens is 316 g/mol. The summed E-state index contributed by atoms with van der Waals surface area (Å²) in [5.41, 5.74) is 1.07. The minimum absolute atomic E-state index is 0.00481. The van der Waals surface area contributed by atoms with Crippen LogP contribution in [-0.2, 0) is 16.1 Å². The number of hydrogen-bond acceptors (Lipinski definition) is 3. The minimum atomic E-state index is -0.194. The maximum atomic E-state index is 12.3. The standard InChI is InChI=1S/C20H24N2O3/c1-2-22(16-17-9-5-3-6-10-17)20(24)15-21-19(23)13-14-25-18-11-7-4-8-12-18/h3-12H,2,13-16H2,1H3,(H,21,23). The highest BCUT2D eigenvalue weighted by molar-refractivity contribution is 5.84. The molecule has 0 atom stereocenters. The summed E-state index contributed by atoms with van der Waals surface area (Å²) in [5, 5.41) is 2.66. The van der Waals surface area contributed by atoms with Crippen LogP contribution in [0.1, 0.15) is 18.9 Å². The molecule has 2 aromatic rings. The van der Waals surface area contributed by atoms with Crippen LogP contribution in [0.3, 0.4) is 0 Å². The number of ether oxygens (including phenoxy) is 1. The molecule has 0 bridgehead atoms. The lowest BCUT2D eigenvalue weighted by atomic mass is 10.2. The first-order valence-corrected chi connectivity index (χ1v) is 8.45. The van der Waals surface area contributed by atoms with E-state index in [4.69, 9.17) is 4.74 Å². The third-order valence-corrected chi connectivity index (χ3v) is 3.73. The zero-order valence-electron chi connectivity index (χ0n) is 14.5. The smallest absolute Gasteiger partial charge is 0.242 e. The number of carbonyl (C=O) groups is 2. The number of nitrogens with one attached hydrogen (secondary N) is 1. The van der Waals surface area contributed by atoms with Crippen molar-refractivity contribution in [2.45, 2.75) is 19.9 Å².